The number of hydrogen-bond donors (Lipinski definition) is 4. The van der Waals surface area contributed by atoms with Crippen LogP contribution in [0.2, 0.25) is 0 Å². The van der Waals surface area contributed by atoms with Gasteiger partial charge in [-0.05, 0) is 19.9 Å². The summed E-state index contributed by atoms with van der Waals surface area (Å²) in [5, 5.41) is 11.7. The van der Waals surface area contributed by atoms with Crippen LogP contribution in [0.15, 0.2) is 0 Å². The van der Waals surface area contributed by atoms with E-state index in [9.17, 15) is 4.79 Å². The maximum Gasteiger partial charge on any atom is 0.320 e. The van der Waals surface area contributed by atoms with Crippen LogP contribution in [0, 0.1) is 0 Å². The van der Waals surface area contributed by atoms with Crippen LogP contribution in [0.1, 0.15) is 78.1 Å². The van der Waals surface area contributed by atoms with Crippen molar-refractivity contribution >= 4 is 5.97 Å². The third-order valence-corrected chi connectivity index (χ3v) is 3.35. The Balaban J connectivity index is 0. The van der Waals surface area contributed by atoms with Gasteiger partial charge >= 0.3 is 5.97 Å². The molecule has 5 heteroatoms. The van der Waals surface area contributed by atoms with E-state index in [1.807, 2.05) is 0 Å². The first-order chi connectivity index (χ1) is 9.68. The second-order valence-electron chi connectivity index (χ2n) is 5.20. The molecule has 0 fully saturated rings. The molecule has 0 radical (unpaired) electrons. The zero-order valence-electron chi connectivity index (χ0n) is 13.4. The van der Waals surface area contributed by atoms with Crippen molar-refractivity contribution < 1.29 is 9.90 Å². The minimum Gasteiger partial charge on any atom is -0.480 e. The van der Waals surface area contributed by atoms with E-state index in [1.165, 1.54) is 57.8 Å². The monoisotopic (exact) mass is 289 g/mol. The summed E-state index contributed by atoms with van der Waals surface area (Å²) in [7, 11) is 0. The number of carbonyl (C=O) groups is 1. The molecule has 0 saturated carbocycles. The number of carboxylic acid groups (broad SMARTS) is 1. The predicted molar refractivity (Wildman–Crippen MR) is 85.3 cm³/mol. The van der Waals surface area contributed by atoms with Gasteiger partial charge in [-0.1, -0.05) is 64.7 Å². The van der Waals surface area contributed by atoms with Crippen LogP contribution in [0.5, 0.6) is 0 Å². The molecular formula is C15H35N3O2. The normalized spacial score (nSPS) is 11.6. The number of aliphatic carboxylic acids is 1. The Labute approximate surface area is 124 Å². The second kappa shape index (κ2) is 18.4. The lowest BCUT2D eigenvalue weighted by Crippen LogP contribution is -2.34. The fourth-order valence-electron chi connectivity index (χ4n) is 2.02. The van der Waals surface area contributed by atoms with E-state index in [2.05, 4.69) is 23.9 Å². The van der Waals surface area contributed by atoms with Crippen molar-refractivity contribution in [2.24, 2.45) is 11.7 Å². The van der Waals surface area contributed by atoms with Crippen molar-refractivity contribution in [2.45, 2.75) is 84.1 Å². The molecule has 0 aromatic heterocycles. The number of hydrazine groups is 1. The van der Waals surface area contributed by atoms with Crippen molar-refractivity contribution in [3.05, 3.63) is 0 Å². The standard InChI is InChI=1S/C15H31NO2.H4N2/c1-3-4-5-6-7-8-9-10-11-12-13-16-14(2)15(17)18;1-2/h14,16H,3-13H2,1-2H3,(H,17,18);1-2H2. The van der Waals surface area contributed by atoms with Crippen LogP contribution in [0.3, 0.4) is 0 Å². The van der Waals surface area contributed by atoms with Gasteiger partial charge in [0.15, 0.2) is 0 Å². The number of carboxylic acids is 1. The molecule has 0 aromatic rings. The summed E-state index contributed by atoms with van der Waals surface area (Å²) in [6.45, 7) is 4.77. The van der Waals surface area contributed by atoms with Crippen molar-refractivity contribution in [1.29, 1.82) is 0 Å². The van der Waals surface area contributed by atoms with Gasteiger partial charge in [0.05, 0.1) is 0 Å². The molecule has 0 amide bonds. The highest BCUT2D eigenvalue weighted by Gasteiger charge is 2.07. The molecule has 6 N–H and O–H groups in total. The zero-order chi connectivity index (χ0) is 15.6. The van der Waals surface area contributed by atoms with Gasteiger partial charge in [0.1, 0.15) is 6.04 Å². The van der Waals surface area contributed by atoms with Gasteiger partial charge < -0.3 is 10.4 Å². The van der Waals surface area contributed by atoms with Gasteiger partial charge in [0, 0.05) is 0 Å². The maximum atomic E-state index is 10.5. The molecule has 5 nitrogen and oxygen atoms in total. The van der Waals surface area contributed by atoms with Crippen LogP contribution in [-0.4, -0.2) is 23.7 Å². The Kier molecular flexibility index (Phi) is 19.9. The molecule has 0 bridgehead atoms. The number of nitrogens with one attached hydrogen (secondary N) is 1. The lowest BCUT2D eigenvalue weighted by Gasteiger charge is -2.08. The van der Waals surface area contributed by atoms with Crippen LogP contribution in [0.25, 0.3) is 0 Å². The predicted octanol–water partition coefficient (Wildman–Crippen LogP) is 2.79. The van der Waals surface area contributed by atoms with Crippen LogP contribution in [-0.2, 0) is 4.79 Å². The Hall–Kier alpha value is -0.650. The van der Waals surface area contributed by atoms with Gasteiger partial charge in [0.25, 0.3) is 0 Å². The first-order valence-electron chi connectivity index (χ1n) is 7.98. The average Bonchev–Trinajstić information content (AvgIpc) is 2.46. The van der Waals surface area contributed by atoms with Crippen molar-refractivity contribution in [3.63, 3.8) is 0 Å². The van der Waals surface area contributed by atoms with Gasteiger partial charge in [-0.15, -0.1) is 0 Å². The Morgan fingerprint density at radius 2 is 1.35 bits per heavy atom. The Morgan fingerprint density at radius 3 is 1.75 bits per heavy atom. The number of rotatable bonds is 13. The molecule has 0 aliphatic carbocycles. The van der Waals surface area contributed by atoms with E-state index < -0.39 is 12.0 Å². The fraction of sp³-hybridized carbons (Fsp3) is 0.933. The lowest BCUT2D eigenvalue weighted by atomic mass is 10.1. The second-order valence-corrected chi connectivity index (χ2v) is 5.20. The van der Waals surface area contributed by atoms with Gasteiger partial charge in [-0.2, -0.15) is 0 Å². The molecule has 1 unspecified atom stereocenters. The number of hydrogen-bond acceptors (Lipinski definition) is 4. The van der Waals surface area contributed by atoms with Crippen molar-refractivity contribution in [1.82, 2.24) is 5.32 Å². The van der Waals surface area contributed by atoms with Gasteiger partial charge in [0.2, 0.25) is 0 Å². The first kappa shape index (κ1) is 21.6. The quantitative estimate of drug-likeness (QED) is 0.237. The summed E-state index contributed by atoms with van der Waals surface area (Å²) in [6.07, 6.45) is 13.2. The van der Waals surface area contributed by atoms with Crippen LogP contribution in [0.4, 0.5) is 0 Å². The van der Waals surface area contributed by atoms with E-state index in [0.29, 0.717) is 0 Å². The molecule has 0 saturated heterocycles. The lowest BCUT2D eigenvalue weighted by molar-refractivity contribution is -0.138. The third kappa shape index (κ3) is 17.4. The minimum absolute atomic E-state index is 0.413. The molecule has 122 valence electrons. The Morgan fingerprint density at radius 1 is 0.950 bits per heavy atom. The van der Waals surface area contributed by atoms with E-state index in [0.717, 1.165) is 13.0 Å². The van der Waals surface area contributed by atoms with E-state index in [4.69, 9.17) is 5.11 Å². The molecule has 1 atom stereocenters. The molecule has 0 rings (SSSR count). The molecule has 0 heterocycles. The highest BCUT2D eigenvalue weighted by Crippen LogP contribution is 2.10. The summed E-state index contributed by atoms with van der Waals surface area (Å²) in [5.74, 6) is 7.24. The molecule has 20 heavy (non-hydrogen) atoms. The molecule has 0 spiro atoms. The SMILES string of the molecule is CCCCCCCCCCCCNC(C)C(=O)O.NN. The summed E-state index contributed by atoms with van der Waals surface area (Å²) in [5.41, 5.74) is 0. The van der Waals surface area contributed by atoms with Gasteiger partial charge in [-0.3, -0.25) is 16.5 Å². The molecule has 0 aliphatic heterocycles. The number of unbranched alkanes of at least 4 members (excludes halogenated alkanes) is 9. The Bertz CT molecular complexity index is 202. The summed E-state index contributed by atoms with van der Waals surface area (Å²) < 4.78 is 0. The van der Waals surface area contributed by atoms with Gasteiger partial charge in [-0.25, -0.2) is 0 Å². The summed E-state index contributed by atoms with van der Waals surface area (Å²) in [4.78, 5) is 10.5. The minimum atomic E-state index is -0.762. The van der Waals surface area contributed by atoms with E-state index in [-0.39, 0.29) is 0 Å². The summed E-state index contributed by atoms with van der Waals surface area (Å²) in [6, 6.07) is -0.413. The van der Waals surface area contributed by atoms with Crippen LogP contribution < -0.4 is 17.0 Å². The highest BCUT2D eigenvalue weighted by molar-refractivity contribution is 5.72. The molecule has 0 aliphatic rings. The smallest absolute Gasteiger partial charge is 0.320 e. The maximum absolute atomic E-state index is 10.5. The highest BCUT2D eigenvalue weighted by atomic mass is 16.4. The zero-order valence-corrected chi connectivity index (χ0v) is 13.4. The van der Waals surface area contributed by atoms with E-state index >= 15 is 0 Å². The van der Waals surface area contributed by atoms with Crippen molar-refractivity contribution in [3.8, 4) is 0 Å². The number of nitrogens with two attached hydrogens (primary N) is 2. The average molecular weight is 289 g/mol. The summed E-state index contributed by atoms with van der Waals surface area (Å²) >= 11 is 0. The van der Waals surface area contributed by atoms with Crippen molar-refractivity contribution in [2.75, 3.05) is 6.54 Å². The van der Waals surface area contributed by atoms with Crippen LogP contribution >= 0.6 is 0 Å². The molecular weight excluding hydrogens is 254 g/mol. The fourth-order valence-corrected chi connectivity index (χ4v) is 2.02. The third-order valence-electron chi connectivity index (χ3n) is 3.35. The topological polar surface area (TPSA) is 101 Å². The largest absolute Gasteiger partial charge is 0.480 e. The first-order valence-corrected chi connectivity index (χ1v) is 7.98. The molecule has 0 aromatic carbocycles. The van der Waals surface area contributed by atoms with E-state index in [1.54, 1.807) is 6.92 Å².